The van der Waals surface area contributed by atoms with Crippen molar-refractivity contribution in [3.63, 3.8) is 0 Å². The van der Waals surface area contributed by atoms with E-state index < -0.39 is 30.3 Å². The summed E-state index contributed by atoms with van der Waals surface area (Å²) in [5.41, 5.74) is -1.93. The number of unbranched alkanes of at least 4 members (excludes halogenated alkanes) is 1. The van der Waals surface area contributed by atoms with Gasteiger partial charge in [0.05, 0.1) is 5.69 Å². The van der Waals surface area contributed by atoms with Crippen LogP contribution in [0.2, 0.25) is 0 Å². The minimum absolute atomic E-state index is 0.146. The number of hydrogen-bond acceptors (Lipinski definition) is 2. The van der Waals surface area contributed by atoms with Crippen molar-refractivity contribution in [1.82, 2.24) is 4.98 Å². The Bertz CT molecular complexity index is 726. The van der Waals surface area contributed by atoms with E-state index in [1.807, 2.05) is 0 Å². The van der Waals surface area contributed by atoms with Gasteiger partial charge < -0.3 is 5.11 Å². The van der Waals surface area contributed by atoms with Crippen LogP contribution < -0.4 is 0 Å². The smallest absolute Gasteiger partial charge is 0.373 e. The first kappa shape index (κ1) is 22.4. The van der Waals surface area contributed by atoms with Crippen LogP contribution in [0.15, 0.2) is 0 Å². The van der Waals surface area contributed by atoms with Crippen LogP contribution in [-0.4, -0.2) is 28.0 Å². The fourth-order valence-corrected chi connectivity index (χ4v) is 4.87. The van der Waals surface area contributed by atoms with Gasteiger partial charge in [-0.1, -0.05) is 19.8 Å². The van der Waals surface area contributed by atoms with Crippen LogP contribution in [0.4, 0.5) is 26.3 Å². The summed E-state index contributed by atoms with van der Waals surface area (Å²) in [6, 6.07) is 0. The number of aryl methyl sites for hydroxylation is 1. The van der Waals surface area contributed by atoms with Crippen molar-refractivity contribution in [1.29, 1.82) is 0 Å². The largest absolute Gasteiger partial charge is 0.426 e. The zero-order valence-electron chi connectivity index (χ0n) is 16.5. The Hall–Kier alpha value is -1.31. The standard InChI is InChI=1S/C21H27F6NO/c1-2-3-11-16(19(29,20(22,23)24)21(25,26)27)18-15-10-5-4-8-13(15)14-9-6-7-12-17(14)28-18/h16,29H,2-12H2,1H3. The van der Waals surface area contributed by atoms with Gasteiger partial charge in [0.15, 0.2) is 0 Å². The summed E-state index contributed by atoms with van der Waals surface area (Å²) in [4.78, 5) is 4.41. The molecule has 0 aliphatic heterocycles. The van der Waals surface area contributed by atoms with Crippen molar-refractivity contribution < 1.29 is 31.4 Å². The zero-order chi connectivity index (χ0) is 21.4. The van der Waals surface area contributed by atoms with Gasteiger partial charge in [-0.2, -0.15) is 26.3 Å². The molecular weight excluding hydrogens is 396 g/mol. The molecule has 3 rings (SSSR count). The van der Waals surface area contributed by atoms with E-state index in [0.717, 1.165) is 36.8 Å². The first-order chi connectivity index (χ1) is 13.5. The topological polar surface area (TPSA) is 33.1 Å². The average Bonchev–Trinajstić information content (AvgIpc) is 2.66. The molecule has 0 saturated heterocycles. The Balaban J connectivity index is 2.24. The van der Waals surface area contributed by atoms with E-state index in [1.54, 1.807) is 6.92 Å². The third kappa shape index (κ3) is 3.89. The molecule has 0 bridgehead atoms. The zero-order valence-corrected chi connectivity index (χ0v) is 16.5. The number of hydrogen-bond donors (Lipinski definition) is 1. The second kappa shape index (κ2) is 8.08. The van der Waals surface area contributed by atoms with E-state index in [0.29, 0.717) is 43.4 Å². The lowest BCUT2D eigenvalue weighted by atomic mass is 9.74. The number of halogens is 6. The summed E-state index contributed by atoms with van der Waals surface area (Å²) in [5.74, 6) is -2.15. The van der Waals surface area contributed by atoms with Crippen molar-refractivity contribution in [3.05, 3.63) is 28.1 Å². The molecule has 1 aromatic heterocycles. The van der Waals surface area contributed by atoms with E-state index in [1.165, 1.54) is 0 Å². The highest BCUT2D eigenvalue weighted by atomic mass is 19.4. The van der Waals surface area contributed by atoms with Gasteiger partial charge >= 0.3 is 12.4 Å². The maximum atomic E-state index is 13.7. The van der Waals surface area contributed by atoms with Crippen molar-refractivity contribution in [2.24, 2.45) is 0 Å². The maximum Gasteiger partial charge on any atom is 0.426 e. The highest BCUT2D eigenvalue weighted by Crippen LogP contribution is 2.53. The van der Waals surface area contributed by atoms with Gasteiger partial charge in [-0.3, -0.25) is 4.98 Å². The lowest BCUT2D eigenvalue weighted by Crippen LogP contribution is -2.61. The third-order valence-corrected chi connectivity index (χ3v) is 6.38. The molecule has 1 atom stereocenters. The predicted octanol–water partition coefficient (Wildman–Crippen LogP) is 5.97. The summed E-state index contributed by atoms with van der Waals surface area (Å²) in [7, 11) is 0. The van der Waals surface area contributed by atoms with Gasteiger partial charge in [-0.25, -0.2) is 0 Å². The molecule has 164 valence electrons. The monoisotopic (exact) mass is 423 g/mol. The molecule has 1 unspecified atom stereocenters. The highest BCUT2D eigenvalue weighted by Gasteiger charge is 2.74. The van der Waals surface area contributed by atoms with E-state index in [2.05, 4.69) is 4.98 Å². The summed E-state index contributed by atoms with van der Waals surface area (Å²) in [6.07, 6.45) is -5.78. The predicted molar refractivity (Wildman–Crippen MR) is 96.8 cm³/mol. The number of alkyl halides is 6. The number of rotatable bonds is 5. The summed E-state index contributed by atoms with van der Waals surface area (Å²) in [6.45, 7) is 1.70. The van der Waals surface area contributed by atoms with Gasteiger partial charge in [0.1, 0.15) is 0 Å². The van der Waals surface area contributed by atoms with Crippen molar-refractivity contribution >= 4 is 0 Å². The molecule has 0 amide bonds. The number of aromatic nitrogens is 1. The summed E-state index contributed by atoms with van der Waals surface area (Å²) < 4.78 is 82.4. The average molecular weight is 423 g/mol. The minimum atomic E-state index is -5.84. The van der Waals surface area contributed by atoms with Gasteiger partial charge in [-0.05, 0) is 74.5 Å². The second-order valence-corrected chi connectivity index (χ2v) is 8.25. The first-order valence-electron chi connectivity index (χ1n) is 10.4. The second-order valence-electron chi connectivity index (χ2n) is 8.25. The molecule has 0 radical (unpaired) electrons. The Morgan fingerprint density at radius 1 is 0.828 bits per heavy atom. The SMILES string of the molecule is CCCCC(c1nc2c(c3c1CCCC3)CCCC2)C(O)(C(F)(F)F)C(F)(F)F. The molecule has 29 heavy (non-hydrogen) atoms. The quantitative estimate of drug-likeness (QED) is 0.592. The molecule has 1 heterocycles. The Kier molecular flexibility index (Phi) is 6.23. The fraction of sp³-hybridized carbons (Fsp3) is 0.762. The molecular formula is C21H27F6NO. The molecule has 2 aliphatic rings. The van der Waals surface area contributed by atoms with Crippen LogP contribution in [0, 0.1) is 0 Å². The van der Waals surface area contributed by atoms with Crippen LogP contribution in [0.25, 0.3) is 0 Å². The molecule has 1 N–H and O–H groups in total. The molecule has 0 fully saturated rings. The lowest BCUT2D eigenvalue weighted by Gasteiger charge is -2.40. The van der Waals surface area contributed by atoms with Crippen LogP contribution in [0.3, 0.4) is 0 Å². The number of aliphatic hydroxyl groups is 1. The molecule has 0 aromatic carbocycles. The summed E-state index contributed by atoms with van der Waals surface area (Å²) in [5, 5.41) is 10.2. The van der Waals surface area contributed by atoms with Crippen LogP contribution in [-0.2, 0) is 25.7 Å². The van der Waals surface area contributed by atoms with E-state index in [4.69, 9.17) is 0 Å². The third-order valence-electron chi connectivity index (χ3n) is 6.38. The number of fused-ring (bicyclic) bond motifs is 3. The van der Waals surface area contributed by atoms with Gasteiger partial charge in [0.25, 0.3) is 5.60 Å². The van der Waals surface area contributed by atoms with E-state index in [9.17, 15) is 31.4 Å². The van der Waals surface area contributed by atoms with Crippen LogP contribution >= 0.6 is 0 Å². The molecule has 8 heteroatoms. The van der Waals surface area contributed by atoms with Crippen molar-refractivity contribution in [2.75, 3.05) is 0 Å². The van der Waals surface area contributed by atoms with Crippen LogP contribution in [0.1, 0.15) is 85.9 Å². The molecule has 2 aliphatic carbocycles. The lowest BCUT2D eigenvalue weighted by molar-refractivity contribution is -0.376. The number of pyridine rings is 1. The Morgan fingerprint density at radius 3 is 1.90 bits per heavy atom. The number of nitrogens with zero attached hydrogens (tertiary/aromatic N) is 1. The first-order valence-corrected chi connectivity index (χ1v) is 10.4. The van der Waals surface area contributed by atoms with Gasteiger partial charge in [-0.15, -0.1) is 0 Å². The van der Waals surface area contributed by atoms with Gasteiger partial charge in [0, 0.05) is 11.6 Å². The fourth-order valence-electron chi connectivity index (χ4n) is 4.87. The normalized spacial score (nSPS) is 18.9. The molecule has 2 nitrogen and oxygen atoms in total. The Morgan fingerprint density at radius 2 is 1.34 bits per heavy atom. The van der Waals surface area contributed by atoms with Crippen LogP contribution in [0.5, 0.6) is 0 Å². The summed E-state index contributed by atoms with van der Waals surface area (Å²) >= 11 is 0. The minimum Gasteiger partial charge on any atom is -0.373 e. The van der Waals surface area contributed by atoms with E-state index >= 15 is 0 Å². The van der Waals surface area contributed by atoms with Gasteiger partial charge in [0.2, 0.25) is 0 Å². The van der Waals surface area contributed by atoms with E-state index in [-0.39, 0.29) is 12.1 Å². The van der Waals surface area contributed by atoms with Crippen molar-refractivity contribution in [2.45, 2.75) is 101 Å². The molecule has 0 saturated carbocycles. The Labute approximate surface area is 166 Å². The molecule has 1 aromatic rings. The highest BCUT2D eigenvalue weighted by molar-refractivity contribution is 5.45. The van der Waals surface area contributed by atoms with Crippen molar-refractivity contribution in [3.8, 4) is 0 Å². The molecule has 0 spiro atoms. The maximum absolute atomic E-state index is 13.7.